The number of hydrogen-bond acceptors (Lipinski definition) is 5. The van der Waals surface area contributed by atoms with E-state index in [1.54, 1.807) is 6.92 Å². The molecule has 1 rings (SSSR count). The zero-order chi connectivity index (χ0) is 14.7. The first-order valence-corrected chi connectivity index (χ1v) is 9.01. The van der Waals surface area contributed by atoms with Crippen LogP contribution in [0.4, 0.5) is 0 Å². The molecule has 0 aliphatic carbocycles. The van der Waals surface area contributed by atoms with Gasteiger partial charge in [0, 0.05) is 12.3 Å². The largest absolute Gasteiger partial charge is 0.395 e. The van der Waals surface area contributed by atoms with Gasteiger partial charge >= 0.3 is 0 Å². The van der Waals surface area contributed by atoms with E-state index < -0.39 is 25.9 Å². The lowest BCUT2D eigenvalue weighted by atomic mass is 10.3. The Balaban J connectivity index is 3.04. The standard InChI is InChI=1S/C11H17NO5S2/c1-3-9(8-13)12-19(16,17)11-6-4-10(5-7-11)18(2,14)15/h4-7,9,12-13H,3,8H2,1-2H3. The van der Waals surface area contributed by atoms with Crippen molar-refractivity contribution in [3.8, 4) is 0 Å². The smallest absolute Gasteiger partial charge is 0.240 e. The summed E-state index contributed by atoms with van der Waals surface area (Å²) in [4.78, 5) is 0.0208. The highest BCUT2D eigenvalue weighted by molar-refractivity contribution is 7.90. The molecule has 0 saturated carbocycles. The first kappa shape index (κ1) is 16.1. The second-order valence-corrected chi connectivity index (χ2v) is 7.88. The van der Waals surface area contributed by atoms with Crippen LogP contribution in [0.15, 0.2) is 34.1 Å². The number of aliphatic hydroxyl groups excluding tert-OH is 1. The van der Waals surface area contributed by atoms with E-state index in [1.165, 1.54) is 24.3 Å². The van der Waals surface area contributed by atoms with Gasteiger partial charge in [-0.05, 0) is 30.7 Å². The first-order valence-electron chi connectivity index (χ1n) is 5.64. The molecule has 108 valence electrons. The van der Waals surface area contributed by atoms with Gasteiger partial charge in [-0.3, -0.25) is 0 Å². The molecule has 6 nitrogen and oxygen atoms in total. The molecule has 0 saturated heterocycles. The zero-order valence-corrected chi connectivity index (χ0v) is 12.3. The molecule has 0 amide bonds. The lowest BCUT2D eigenvalue weighted by Crippen LogP contribution is -2.36. The molecule has 1 aromatic rings. The normalized spacial score (nSPS) is 14.3. The Morgan fingerprint density at radius 3 is 1.95 bits per heavy atom. The fraction of sp³-hybridized carbons (Fsp3) is 0.455. The summed E-state index contributed by atoms with van der Waals surface area (Å²) in [5.74, 6) is 0. The quantitative estimate of drug-likeness (QED) is 0.778. The first-order chi connectivity index (χ1) is 8.70. The van der Waals surface area contributed by atoms with E-state index in [4.69, 9.17) is 5.11 Å². The molecule has 0 spiro atoms. The van der Waals surface area contributed by atoms with E-state index in [0.29, 0.717) is 6.42 Å². The van der Waals surface area contributed by atoms with Crippen molar-refractivity contribution in [2.45, 2.75) is 29.2 Å². The molecule has 0 aliphatic rings. The molecule has 0 aromatic heterocycles. The average molecular weight is 307 g/mol. The molecule has 2 N–H and O–H groups in total. The molecular formula is C11H17NO5S2. The van der Waals surface area contributed by atoms with Crippen molar-refractivity contribution in [1.29, 1.82) is 0 Å². The molecule has 1 unspecified atom stereocenters. The minimum Gasteiger partial charge on any atom is -0.395 e. The Bertz CT molecular complexity index is 616. The third-order valence-electron chi connectivity index (χ3n) is 2.60. The van der Waals surface area contributed by atoms with Crippen LogP contribution >= 0.6 is 0 Å². The van der Waals surface area contributed by atoms with Crippen LogP contribution in [0.5, 0.6) is 0 Å². The fourth-order valence-corrected chi connectivity index (χ4v) is 3.34. The summed E-state index contributed by atoms with van der Waals surface area (Å²) in [5.41, 5.74) is 0. The van der Waals surface area contributed by atoms with Gasteiger partial charge in [0.25, 0.3) is 0 Å². The molecule has 1 aromatic carbocycles. The minimum atomic E-state index is -3.75. The van der Waals surface area contributed by atoms with Crippen molar-refractivity contribution in [3.05, 3.63) is 24.3 Å². The number of rotatable bonds is 6. The van der Waals surface area contributed by atoms with Crippen molar-refractivity contribution in [1.82, 2.24) is 4.72 Å². The minimum absolute atomic E-state index is 0.0354. The van der Waals surface area contributed by atoms with Crippen molar-refractivity contribution in [2.24, 2.45) is 0 Å². The maximum atomic E-state index is 11.9. The monoisotopic (exact) mass is 307 g/mol. The van der Waals surface area contributed by atoms with E-state index in [2.05, 4.69) is 4.72 Å². The van der Waals surface area contributed by atoms with Gasteiger partial charge in [-0.2, -0.15) is 0 Å². The molecule has 0 heterocycles. The Kier molecular flexibility index (Phi) is 5.08. The van der Waals surface area contributed by atoms with Gasteiger partial charge in [-0.1, -0.05) is 6.92 Å². The lowest BCUT2D eigenvalue weighted by molar-refractivity contribution is 0.254. The van der Waals surface area contributed by atoms with Crippen LogP contribution in [-0.4, -0.2) is 40.8 Å². The van der Waals surface area contributed by atoms with Gasteiger partial charge in [-0.25, -0.2) is 21.6 Å². The van der Waals surface area contributed by atoms with Crippen LogP contribution in [0.1, 0.15) is 13.3 Å². The van der Waals surface area contributed by atoms with E-state index in [0.717, 1.165) is 6.26 Å². The molecule has 1 atom stereocenters. The molecule has 0 fully saturated rings. The second kappa shape index (κ2) is 6.00. The van der Waals surface area contributed by atoms with Crippen molar-refractivity contribution in [2.75, 3.05) is 12.9 Å². The van der Waals surface area contributed by atoms with Crippen LogP contribution in [0.2, 0.25) is 0 Å². The number of aliphatic hydroxyl groups is 1. The van der Waals surface area contributed by atoms with Gasteiger partial charge in [-0.15, -0.1) is 0 Å². The van der Waals surface area contributed by atoms with Crippen molar-refractivity contribution < 1.29 is 21.9 Å². The third kappa shape index (κ3) is 4.27. The predicted molar refractivity (Wildman–Crippen MR) is 71.0 cm³/mol. The second-order valence-electron chi connectivity index (χ2n) is 4.15. The summed E-state index contributed by atoms with van der Waals surface area (Å²) in [7, 11) is -7.10. The van der Waals surface area contributed by atoms with Gasteiger partial charge in [0.1, 0.15) is 0 Å². The number of benzene rings is 1. The van der Waals surface area contributed by atoms with Crippen LogP contribution in [0, 0.1) is 0 Å². The summed E-state index contributed by atoms with van der Waals surface area (Å²) in [6.07, 6.45) is 1.50. The molecular weight excluding hydrogens is 290 g/mol. The number of nitrogens with one attached hydrogen (secondary N) is 1. The SMILES string of the molecule is CCC(CO)NS(=O)(=O)c1ccc(S(C)(=O)=O)cc1. The molecule has 0 aliphatic heterocycles. The highest BCUT2D eigenvalue weighted by Crippen LogP contribution is 2.14. The summed E-state index contributed by atoms with van der Waals surface area (Å²) in [5, 5.41) is 8.98. The predicted octanol–water partition coefficient (Wildman–Crippen LogP) is 0.139. The fourth-order valence-electron chi connectivity index (χ4n) is 1.40. The molecule has 0 radical (unpaired) electrons. The van der Waals surface area contributed by atoms with Crippen LogP contribution in [0.25, 0.3) is 0 Å². The molecule has 19 heavy (non-hydrogen) atoms. The van der Waals surface area contributed by atoms with E-state index in [1.807, 2.05) is 0 Å². The van der Waals surface area contributed by atoms with Crippen LogP contribution < -0.4 is 4.72 Å². The Labute approximate surface area is 113 Å². The van der Waals surface area contributed by atoms with E-state index in [9.17, 15) is 16.8 Å². The Morgan fingerprint density at radius 2 is 1.58 bits per heavy atom. The highest BCUT2D eigenvalue weighted by Gasteiger charge is 2.19. The number of hydrogen-bond donors (Lipinski definition) is 2. The summed E-state index contributed by atoms with van der Waals surface area (Å²) < 4.78 is 48.8. The summed E-state index contributed by atoms with van der Waals surface area (Å²) >= 11 is 0. The van der Waals surface area contributed by atoms with Crippen LogP contribution in [-0.2, 0) is 19.9 Å². The van der Waals surface area contributed by atoms with Gasteiger partial charge in [0.15, 0.2) is 9.84 Å². The molecule has 8 heteroatoms. The highest BCUT2D eigenvalue weighted by atomic mass is 32.2. The van der Waals surface area contributed by atoms with Crippen LogP contribution in [0.3, 0.4) is 0 Å². The lowest BCUT2D eigenvalue weighted by Gasteiger charge is -2.14. The Hall–Kier alpha value is -0.960. The van der Waals surface area contributed by atoms with Crippen molar-refractivity contribution in [3.63, 3.8) is 0 Å². The number of sulfonamides is 1. The molecule has 0 bridgehead atoms. The van der Waals surface area contributed by atoms with Gasteiger partial charge in [0.2, 0.25) is 10.0 Å². The Morgan fingerprint density at radius 1 is 1.11 bits per heavy atom. The van der Waals surface area contributed by atoms with E-state index >= 15 is 0 Å². The van der Waals surface area contributed by atoms with Gasteiger partial charge in [0.05, 0.1) is 16.4 Å². The van der Waals surface area contributed by atoms with Gasteiger partial charge < -0.3 is 5.11 Å². The van der Waals surface area contributed by atoms with E-state index in [-0.39, 0.29) is 16.4 Å². The zero-order valence-electron chi connectivity index (χ0n) is 10.7. The number of sulfone groups is 1. The third-order valence-corrected chi connectivity index (χ3v) is 5.26. The maximum absolute atomic E-state index is 11.9. The topological polar surface area (TPSA) is 101 Å². The maximum Gasteiger partial charge on any atom is 0.240 e. The average Bonchev–Trinajstić information content (AvgIpc) is 2.35. The van der Waals surface area contributed by atoms with Crippen molar-refractivity contribution >= 4 is 19.9 Å². The summed E-state index contributed by atoms with van der Waals surface area (Å²) in [6.45, 7) is 1.45. The summed E-state index contributed by atoms with van der Waals surface area (Å²) in [6, 6.07) is 4.37.